The molecule has 0 bridgehead atoms. The van der Waals surface area contributed by atoms with Crippen LogP contribution < -0.4 is 15.6 Å². The molecule has 0 atom stereocenters. The average molecular weight is 555 g/mol. The van der Waals surface area contributed by atoms with Gasteiger partial charge in [-0.25, -0.2) is 9.78 Å². The molecule has 1 aromatic carbocycles. The highest BCUT2D eigenvalue weighted by atomic mass is 32.1. The summed E-state index contributed by atoms with van der Waals surface area (Å²) in [5.41, 5.74) is 2.01. The zero-order valence-electron chi connectivity index (χ0n) is 22.0. The fourth-order valence-electron chi connectivity index (χ4n) is 3.96. The number of ether oxygens (including phenoxy) is 2. The second-order valence-electron chi connectivity index (χ2n) is 8.89. The molecule has 0 spiro atoms. The van der Waals surface area contributed by atoms with Gasteiger partial charge in [-0.2, -0.15) is 0 Å². The molecule has 11 heteroatoms. The summed E-state index contributed by atoms with van der Waals surface area (Å²) in [6, 6.07) is 7.46. The number of nitrogens with one attached hydrogen (secondary N) is 2. The van der Waals surface area contributed by atoms with E-state index >= 15 is 0 Å². The summed E-state index contributed by atoms with van der Waals surface area (Å²) < 4.78 is 11.0. The minimum absolute atomic E-state index is 0.199. The quantitative estimate of drug-likeness (QED) is 0.256. The molecule has 4 rings (SSSR count). The maximum Gasteiger partial charge on any atom is 0.341 e. The van der Waals surface area contributed by atoms with Gasteiger partial charge in [-0.15, -0.1) is 22.7 Å². The van der Waals surface area contributed by atoms with E-state index in [1.165, 1.54) is 11.3 Å². The molecule has 0 radical (unpaired) electrons. The average Bonchev–Trinajstić information content (AvgIpc) is 3.44. The van der Waals surface area contributed by atoms with Crippen molar-refractivity contribution >= 4 is 49.8 Å². The van der Waals surface area contributed by atoms with Crippen molar-refractivity contribution in [2.24, 2.45) is 0 Å². The van der Waals surface area contributed by atoms with Gasteiger partial charge in [0.2, 0.25) is 0 Å². The molecule has 0 saturated carbocycles. The predicted octanol–water partition coefficient (Wildman–Crippen LogP) is 5.30. The fourth-order valence-corrected chi connectivity index (χ4v) is 6.01. The summed E-state index contributed by atoms with van der Waals surface area (Å²) in [5.74, 6) is 0.333. The molecule has 38 heavy (non-hydrogen) atoms. The summed E-state index contributed by atoms with van der Waals surface area (Å²) in [6.07, 6.45) is 0.906. The monoisotopic (exact) mass is 554 g/mol. The Hall–Kier alpha value is -3.54. The zero-order valence-corrected chi connectivity index (χ0v) is 23.6. The number of anilines is 1. The minimum atomic E-state index is -0.523. The standard InChI is InChI=1S/C27H30N4O5S2/c1-6-12-36-17-10-8-16(9-11-17)18-14-37-25(21(18)27(34)35-7-2)30-24(33)22-15(3)20-23(32)28-19(13-31(4)5)29-26(20)38-22/h8-11,14H,6-7,12-13H2,1-5H3,(H,30,33)(H,28,29,32). The summed E-state index contributed by atoms with van der Waals surface area (Å²) in [6.45, 7) is 6.79. The third-order valence-electron chi connectivity index (χ3n) is 5.66. The van der Waals surface area contributed by atoms with Crippen LogP contribution >= 0.6 is 22.7 Å². The van der Waals surface area contributed by atoms with E-state index in [4.69, 9.17) is 9.47 Å². The lowest BCUT2D eigenvalue weighted by atomic mass is 10.0. The van der Waals surface area contributed by atoms with Gasteiger partial charge < -0.3 is 24.7 Å². The first-order chi connectivity index (χ1) is 18.2. The summed E-state index contributed by atoms with van der Waals surface area (Å²) in [7, 11) is 3.77. The second kappa shape index (κ2) is 11.9. The Bertz CT molecular complexity index is 1520. The number of hydrogen-bond acceptors (Lipinski definition) is 9. The fraction of sp³-hybridized carbons (Fsp3) is 0.333. The van der Waals surface area contributed by atoms with Crippen LogP contribution in [0.4, 0.5) is 5.00 Å². The van der Waals surface area contributed by atoms with Crippen molar-refractivity contribution < 1.29 is 19.1 Å². The third kappa shape index (κ3) is 5.79. The van der Waals surface area contributed by atoms with Crippen molar-refractivity contribution in [3.8, 4) is 16.9 Å². The lowest BCUT2D eigenvalue weighted by Crippen LogP contribution is -2.18. The summed E-state index contributed by atoms with van der Waals surface area (Å²) >= 11 is 2.40. The molecular weight excluding hydrogens is 524 g/mol. The Morgan fingerprint density at radius 2 is 1.89 bits per heavy atom. The number of thiophene rings is 2. The van der Waals surface area contributed by atoms with E-state index < -0.39 is 11.9 Å². The van der Waals surface area contributed by atoms with E-state index in [0.717, 1.165) is 29.1 Å². The first-order valence-electron chi connectivity index (χ1n) is 12.2. The number of hydrogen-bond donors (Lipinski definition) is 2. The Morgan fingerprint density at radius 3 is 2.55 bits per heavy atom. The number of fused-ring (bicyclic) bond motifs is 1. The number of esters is 1. The number of H-pyrrole nitrogens is 1. The number of carbonyl (C=O) groups excluding carboxylic acids is 2. The highest BCUT2D eigenvalue weighted by Gasteiger charge is 2.25. The van der Waals surface area contributed by atoms with Gasteiger partial charge in [0, 0.05) is 10.9 Å². The molecule has 0 aliphatic carbocycles. The third-order valence-corrected chi connectivity index (χ3v) is 7.74. The normalized spacial score (nSPS) is 11.2. The minimum Gasteiger partial charge on any atom is -0.494 e. The van der Waals surface area contributed by atoms with Crippen LogP contribution in [0.15, 0.2) is 34.4 Å². The van der Waals surface area contributed by atoms with Gasteiger partial charge in [0.1, 0.15) is 27.0 Å². The molecule has 0 saturated heterocycles. The van der Waals surface area contributed by atoms with E-state index in [1.807, 2.05) is 55.6 Å². The van der Waals surface area contributed by atoms with Crippen LogP contribution in [0.3, 0.4) is 0 Å². The predicted molar refractivity (Wildman–Crippen MR) is 152 cm³/mol. The van der Waals surface area contributed by atoms with Crippen LogP contribution in [0, 0.1) is 6.92 Å². The second-order valence-corrected chi connectivity index (χ2v) is 10.8. The first kappa shape index (κ1) is 27.5. The van der Waals surface area contributed by atoms with Gasteiger partial charge in [0.05, 0.1) is 30.0 Å². The van der Waals surface area contributed by atoms with Crippen LogP contribution in [0.25, 0.3) is 21.3 Å². The molecular formula is C27H30N4O5S2. The number of carbonyl (C=O) groups is 2. The topological polar surface area (TPSA) is 114 Å². The van der Waals surface area contributed by atoms with Crippen LogP contribution in [-0.4, -0.2) is 54.1 Å². The highest BCUT2D eigenvalue weighted by Crippen LogP contribution is 2.38. The van der Waals surface area contributed by atoms with Crippen LogP contribution in [-0.2, 0) is 11.3 Å². The number of aryl methyl sites for hydroxylation is 1. The molecule has 0 fully saturated rings. The SMILES string of the molecule is CCCOc1ccc(-c2csc(NC(=O)c3sc4nc(CN(C)C)[nH]c(=O)c4c3C)c2C(=O)OCC)cc1. The number of nitrogens with zero attached hydrogens (tertiary/aromatic N) is 2. The number of rotatable bonds is 10. The zero-order chi connectivity index (χ0) is 27.4. The molecule has 0 unspecified atom stereocenters. The van der Waals surface area contributed by atoms with Crippen molar-refractivity contribution in [2.45, 2.75) is 33.7 Å². The molecule has 200 valence electrons. The van der Waals surface area contributed by atoms with E-state index in [1.54, 1.807) is 13.8 Å². The van der Waals surface area contributed by atoms with Crippen LogP contribution in [0.2, 0.25) is 0 Å². The largest absolute Gasteiger partial charge is 0.494 e. The molecule has 0 aliphatic heterocycles. The van der Waals surface area contributed by atoms with E-state index in [2.05, 4.69) is 15.3 Å². The molecule has 3 heterocycles. The maximum absolute atomic E-state index is 13.4. The lowest BCUT2D eigenvalue weighted by molar-refractivity contribution is 0.0529. The van der Waals surface area contributed by atoms with Crippen LogP contribution in [0.5, 0.6) is 5.75 Å². The number of benzene rings is 1. The van der Waals surface area contributed by atoms with Crippen molar-refractivity contribution in [1.29, 1.82) is 0 Å². The van der Waals surface area contributed by atoms with E-state index in [0.29, 0.717) is 50.2 Å². The van der Waals surface area contributed by atoms with Gasteiger partial charge in [-0.05, 0) is 57.6 Å². The van der Waals surface area contributed by atoms with E-state index in [9.17, 15) is 14.4 Å². The molecule has 2 N–H and O–H groups in total. The maximum atomic E-state index is 13.4. The van der Waals surface area contributed by atoms with Gasteiger partial charge in [0.15, 0.2) is 0 Å². The van der Waals surface area contributed by atoms with E-state index in [-0.39, 0.29) is 17.7 Å². The Labute approximate surface area is 228 Å². The molecule has 0 aliphatic rings. The van der Waals surface area contributed by atoms with Crippen molar-refractivity contribution in [3.63, 3.8) is 0 Å². The molecule has 3 aromatic heterocycles. The first-order valence-corrected chi connectivity index (χ1v) is 13.9. The van der Waals surface area contributed by atoms with Gasteiger partial charge in [-0.1, -0.05) is 19.1 Å². The molecule has 4 aromatic rings. The molecule has 1 amide bonds. The van der Waals surface area contributed by atoms with Gasteiger partial charge >= 0.3 is 5.97 Å². The summed E-state index contributed by atoms with van der Waals surface area (Å²) in [4.78, 5) is 49.2. The number of aromatic amines is 1. The lowest BCUT2D eigenvalue weighted by Gasteiger charge is -2.09. The Balaban J connectivity index is 1.68. The number of amides is 1. The smallest absolute Gasteiger partial charge is 0.341 e. The van der Waals surface area contributed by atoms with Crippen LogP contribution in [0.1, 0.15) is 51.7 Å². The van der Waals surface area contributed by atoms with Gasteiger partial charge in [0.25, 0.3) is 11.5 Å². The number of aromatic nitrogens is 2. The van der Waals surface area contributed by atoms with Crippen molar-refractivity contribution in [1.82, 2.24) is 14.9 Å². The summed E-state index contributed by atoms with van der Waals surface area (Å²) in [5, 5.41) is 5.47. The molecule has 9 nitrogen and oxygen atoms in total. The Kier molecular flexibility index (Phi) is 8.60. The van der Waals surface area contributed by atoms with Crippen molar-refractivity contribution in [3.05, 3.63) is 61.8 Å². The Morgan fingerprint density at radius 1 is 1.16 bits per heavy atom. The van der Waals surface area contributed by atoms with Gasteiger partial charge in [-0.3, -0.25) is 9.59 Å². The highest BCUT2D eigenvalue weighted by molar-refractivity contribution is 7.21. The van der Waals surface area contributed by atoms with Crippen molar-refractivity contribution in [2.75, 3.05) is 32.6 Å².